The molecule has 1 aliphatic heterocycles. The van der Waals surface area contributed by atoms with Crippen LogP contribution < -0.4 is 9.80 Å². The van der Waals surface area contributed by atoms with E-state index in [4.69, 9.17) is 4.74 Å². The lowest BCUT2D eigenvalue weighted by atomic mass is 9.81. The summed E-state index contributed by atoms with van der Waals surface area (Å²) in [5.41, 5.74) is -2.03. The number of nitrogens with zero attached hydrogens (tertiary/aromatic N) is 3. The van der Waals surface area contributed by atoms with Crippen LogP contribution in [0.5, 0.6) is 0 Å². The molecule has 1 atom stereocenters. The average molecular weight is 596 g/mol. The van der Waals surface area contributed by atoms with E-state index in [0.29, 0.717) is 48.8 Å². The standard InChI is InChI=1S/C30H31F6N3O3/c1-18-23(7-5-8-24(18)39-11-12-42-22(16-39)17-40)26-25(9-6-10-37-26)38(4)27(41)28(2,3)19-13-20(29(31,32)33)15-21(14-19)30(34,35)36/h5-10,13-15,22,40H,11-12,16-17H2,1-4H3. The van der Waals surface area contributed by atoms with E-state index in [-0.39, 0.29) is 18.8 Å². The molecule has 226 valence electrons. The maximum absolute atomic E-state index is 13.8. The Morgan fingerprint density at radius 3 is 2.24 bits per heavy atom. The minimum Gasteiger partial charge on any atom is -0.394 e. The fourth-order valence-electron chi connectivity index (χ4n) is 5.11. The first-order valence-corrected chi connectivity index (χ1v) is 13.2. The Morgan fingerprint density at radius 1 is 1.02 bits per heavy atom. The number of carbonyl (C=O) groups excluding carboxylic acids is 1. The van der Waals surface area contributed by atoms with Crippen LogP contribution in [0.2, 0.25) is 0 Å². The van der Waals surface area contributed by atoms with E-state index < -0.39 is 40.4 Å². The van der Waals surface area contributed by atoms with Gasteiger partial charge in [-0.3, -0.25) is 9.78 Å². The smallest absolute Gasteiger partial charge is 0.394 e. The molecule has 1 N–H and O–H groups in total. The molecule has 3 aromatic rings. The second kappa shape index (κ2) is 11.6. The Hall–Kier alpha value is -3.64. The van der Waals surface area contributed by atoms with Crippen LogP contribution in [0.15, 0.2) is 54.7 Å². The Balaban J connectivity index is 1.74. The molecule has 1 unspecified atom stereocenters. The van der Waals surface area contributed by atoms with Crippen molar-refractivity contribution in [3.8, 4) is 11.3 Å². The van der Waals surface area contributed by atoms with Gasteiger partial charge in [-0.1, -0.05) is 12.1 Å². The van der Waals surface area contributed by atoms with Crippen LogP contribution in [-0.4, -0.2) is 55.5 Å². The second-order valence-electron chi connectivity index (χ2n) is 10.7. The van der Waals surface area contributed by atoms with Crippen LogP contribution in [-0.2, 0) is 27.3 Å². The van der Waals surface area contributed by atoms with Gasteiger partial charge in [0.15, 0.2) is 0 Å². The highest BCUT2D eigenvalue weighted by molar-refractivity contribution is 6.03. The summed E-state index contributed by atoms with van der Waals surface area (Å²) in [6, 6.07) is 9.99. The number of carbonyl (C=O) groups is 1. The molecule has 12 heteroatoms. The highest BCUT2D eigenvalue weighted by Gasteiger charge is 2.41. The molecule has 1 aliphatic rings. The number of rotatable bonds is 6. The molecular formula is C30H31F6N3O3. The summed E-state index contributed by atoms with van der Waals surface area (Å²) in [5.74, 6) is -0.725. The first-order chi connectivity index (χ1) is 19.6. The van der Waals surface area contributed by atoms with E-state index in [0.717, 1.165) is 11.3 Å². The number of amides is 1. The third-order valence-corrected chi connectivity index (χ3v) is 7.54. The fourth-order valence-corrected chi connectivity index (χ4v) is 5.11. The van der Waals surface area contributed by atoms with E-state index in [2.05, 4.69) is 9.88 Å². The molecule has 1 aromatic heterocycles. The number of ether oxygens (including phenoxy) is 1. The minimum absolute atomic E-state index is 0.0417. The number of aliphatic hydroxyl groups excluding tert-OH is 1. The van der Waals surface area contributed by atoms with Crippen LogP contribution in [0.4, 0.5) is 37.7 Å². The van der Waals surface area contributed by atoms with Crippen molar-refractivity contribution in [2.24, 2.45) is 0 Å². The van der Waals surface area contributed by atoms with Crippen molar-refractivity contribution < 1.29 is 41.0 Å². The SMILES string of the molecule is Cc1c(-c2ncccc2N(C)C(=O)C(C)(C)c2cc(C(F)(F)F)cc(C(F)(F)F)c2)cccc1N1CCOC(CO)C1. The number of pyridine rings is 1. The normalized spacial score (nSPS) is 16.5. The Labute approximate surface area is 239 Å². The van der Waals surface area contributed by atoms with Crippen molar-refractivity contribution in [3.63, 3.8) is 0 Å². The van der Waals surface area contributed by atoms with Crippen LogP contribution in [0.1, 0.15) is 36.1 Å². The maximum Gasteiger partial charge on any atom is 0.416 e. The summed E-state index contributed by atoms with van der Waals surface area (Å²) in [7, 11) is 1.41. The predicted octanol–water partition coefficient (Wildman–Crippen LogP) is 6.23. The summed E-state index contributed by atoms with van der Waals surface area (Å²) in [4.78, 5) is 21.6. The van der Waals surface area contributed by atoms with E-state index in [1.165, 1.54) is 32.0 Å². The van der Waals surface area contributed by atoms with Crippen molar-refractivity contribution in [1.29, 1.82) is 0 Å². The van der Waals surface area contributed by atoms with Crippen LogP contribution >= 0.6 is 0 Å². The van der Waals surface area contributed by atoms with E-state index in [1.54, 1.807) is 12.1 Å². The molecule has 0 radical (unpaired) electrons. The maximum atomic E-state index is 13.8. The first-order valence-electron chi connectivity index (χ1n) is 13.2. The summed E-state index contributed by atoms with van der Waals surface area (Å²) in [6.07, 6.45) is -8.89. The second-order valence-corrected chi connectivity index (χ2v) is 10.7. The zero-order valence-corrected chi connectivity index (χ0v) is 23.5. The van der Waals surface area contributed by atoms with Gasteiger partial charge in [0.1, 0.15) is 0 Å². The van der Waals surface area contributed by atoms with Crippen LogP contribution in [0, 0.1) is 6.92 Å². The van der Waals surface area contributed by atoms with Gasteiger partial charge in [-0.2, -0.15) is 26.3 Å². The Kier molecular flexibility index (Phi) is 8.62. The van der Waals surface area contributed by atoms with Gasteiger partial charge in [-0.25, -0.2) is 0 Å². The van der Waals surface area contributed by atoms with Gasteiger partial charge in [-0.05, 0) is 68.3 Å². The number of halogens is 6. The molecule has 1 fully saturated rings. The Morgan fingerprint density at radius 2 is 1.64 bits per heavy atom. The topological polar surface area (TPSA) is 65.9 Å². The molecule has 0 saturated carbocycles. The number of aromatic nitrogens is 1. The van der Waals surface area contributed by atoms with Crippen LogP contribution in [0.3, 0.4) is 0 Å². The molecule has 42 heavy (non-hydrogen) atoms. The lowest BCUT2D eigenvalue weighted by Crippen LogP contribution is -2.44. The van der Waals surface area contributed by atoms with Gasteiger partial charge in [0.2, 0.25) is 5.91 Å². The van der Waals surface area contributed by atoms with Gasteiger partial charge in [0, 0.05) is 37.6 Å². The average Bonchev–Trinajstić information content (AvgIpc) is 2.95. The number of anilines is 2. The molecule has 4 rings (SSSR count). The number of hydrogen-bond acceptors (Lipinski definition) is 5. The Bertz CT molecular complexity index is 1420. The molecule has 0 spiro atoms. The minimum atomic E-state index is -5.04. The summed E-state index contributed by atoms with van der Waals surface area (Å²) in [6.45, 7) is 5.84. The summed E-state index contributed by atoms with van der Waals surface area (Å²) in [5, 5.41) is 9.55. The van der Waals surface area contributed by atoms with E-state index in [1.807, 2.05) is 25.1 Å². The third-order valence-electron chi connectivity index (χ3n) is 7.54. The zero-order chi connectivity index (χ0) is 31.0. The highest BCUT2D eigenvalue weighted by Crippen LogP contribution is 2.41. The molecule has 6 nitrogen and oxygen atoms in total. The van der Waals surface area contributed by atoms with Crippen molar-refractivity contribution in [1.82, 2.24) is 4.98 Å². The molecular weight excluding hydrogens is 564 g/mol. The van der Waals surface area contributed by atoms with E-state index in [9.17, 15) is 36.2 Å². The summed E-state index contributed by atoms with van der Waals surface area (Å²) >= 11 is 0. The molecule has 0 bridgehead atoms. The molecule has 2 heterocycles. The summed E-state index contributed by atoms with van der Waals surface area (Å²) < 4.78 is 86.8. The molecule has 1 amide bonds. The monoisotopic (exact) mass is 595 g/mol. The molecule has 1 saturated heterocycles. The lowest BCUT2D eigenvalue weighted by Gasteiger charge is -2.35. The van der Waals surface area contributed by atoms with Gasteiger partial charge in [-0.15, -0.1) is 0 Å². The number of alkyl halides is 6. The predicted molar refractivity (Wildman–Crippen MR) is 146 cm³/mol. The number of aliphatic hydroxyl groups is 1. The largest absolute Gasteiger partial charge is 0.416 e. The highest BCUT2D eigenvalue weighted by atomic mass is 19.4. The number of hydrogen-bond donors (Lipinski definition) is 1. The fraction of sp³-hybridized carbons (Fsp3) is 0.400. The van der Waals surface area contributed by atoms with Gasteiger partial charge in [0.25, 0.3) is 0 Å². The van der Waals surface area contributed by atoms with Crippen molar-refractivity contribution in [2.45, 2.75) is 44.6 Å². The van der Waals surface area contributed by atoms with Gasteiger partial charge in [0.05, 0.1) is 47.2 Å². The van der Waals surface area contributed by atoms with E-state index >= 15 is 0 Å². The number of likely N-dealkylation sites (N-methyl/N-ethyl adjacent to an activating group) is 1. The third kappa shape index (κ3) is 6.24. The van der Waals surface area contributed by atoms with Crippen molar-refractivity contribution in [3.05, 3.63) is 77.0 Å². The molecule has 0 aliphatic carbocycles. The lowest BCUT2D eigenvalue weighted by molar-refractivity contribution is -0.143. The van der Waals surface area contributed by atoms with Crippen LogP contribution in [0.25, 0.3) is 11.3 Å². The number of benzene rings is 2. The first kappa shape index (κ1) is 31.3. The van der Waals surface area contributed by atoms with Crippen molar-refractivity contribution in [2.75, 3.05) is 43.2 Å². The van der Waals surface area contributed by atoms with Gasteiger partial charge >= 0.3 is 12.4 Å². The zero-order valence-electron chi connectivity index (χ0n) is 23.5. The molecule has 2 aromatic carbocycles. The quantitative estimate of drug-likeness (QED) is 0.342. The van der Waals surface area contributed by atoms with Gasteiger partial charge < -0.3 is 19.6 Å². The number of morpholine rings is 1. The van der Waals surface area contributed by atoms with Crippen molar-refractivity contribution >= 4 is 17.3 Å².